The van der Waals surface area contributed by atoms with Crippen LogP contribution >= 0.6 is 0 Å². The number of aromatic nitrogens is 3. The Balaban J connectivity index is 2.22. The Morgan fingerprint density at radius 3 is 2.43 bits per heavy atom. The molecule has 0 aliphatic carbocycles. The van der Waals surface area contributed by atoms with Crippen molar-refractivity contribution in [3.8, 4) is 11.3 Å². The number of anilines is 1. The number of alkyl halides is 3. The van der Waals surface area contributed by atoms with Crippen molar-refractivity contribution in [1.29, 1.82) is 0 Å². The number of hydrazine groups is 1. The number of benzene rings is 1. The summed E-state index contributed by atoms with van der Waals surface area (Å²) in [5.41, 5.74) is 2.66. The summed E-state index contributed by atoms with van der Waals surface area (Å²) in [6.07, 6.45) is -4.54. The van der Waals surface area contributed by atoms with E-state index in [0.717, 1.165) is 16.1 Å². The zero-order valence-corrected chi connectivity index (χ0v) is 10.6. The third kappa shape index (κ3) is 2.40. The molecule has 0 saturated carbocycles. The van der Waals surface area contributed by atoms with Gasteiger partial charge in [0.25, 0.3) is 0 Å². The molecule has 5 nitrogen and oxygen atoms in total. The summed E-state index contributed by atoms with van der Waals surface area (Å²) >= 11 is 0. The highest BCUT2D eigenvalue weighted by Crippen LogP contribution is 2.30. The Morgan fingerprint density at radius 2 is 1.81 bits per heavy atom. The molecular weight excluding hydrogens is 283 g/mol. The minimum absolute atomic E-state index is 0.0663. The van der Waals surface area contributed by atoms with Crippen molar-refractivity contribution in [2.75, 3.05) is 5.43 Å². The number of hydrogen-bond acceptors (Lipinski definition) is 4. The second kappa shape index (κ2) is 4.74. The third-order valence-corrected chi connectivity index (χ3v) is 2.94. The summed E-state index contributed by atoms with van der Waals surface area (Å²) in [5, 5.41) is 3.48. The van der Waals surface area contributed by atoms with Crippen LogP contribution in [0.25, 0.3) is 16.9 Å². The van der Waals surface area contributed by atoms with Crippen molar-refractivity contribution in [2.45, 2.75) is 6.18 Å². The first-order valence-corrected chi connectivity index (χ1v) is 5.99. The number of nitrogens with one attached hydrogen (secondary N) is 1. The van der Waals surface area contributed by atoms with E-state index >= 15 is 0 Å². The van der Waals surface area contributed by atoms with Crippen molar-refractivity contribution < 1.29 is 13.2 Å². The Kier molecular flexibility index (Phi) is 3.02. The lowest BCUT2D eigenvalue weighted by Crippen LogP contribution is -2.13. The normalized spacial score (nSPS) is 11.8. The van der Waals surface area contributed by atoms with E-state index in [1.165, 1.54) is 6.07 Å². The van der Waals surface area contributed by atoms with Gasteiger partial charge in [-0.2, -0.15) is 22.8 Å². The van der Waals surface area contributed by atoms with E-state index in [4.69, 9.17) is 5.84 Å². The molecule has 0 aliphatic heterocycles. The lowest BCUT2D eigenvalue weighted by Gasteiger charge is -2.07. The van der Waals surface area contributed by atoms with Crippen LogP contribution in [0.3, 0.4) is 0 Å². The molecule has 3 N–H and O–H groups in total. The molecule has 0 atom stereocenters. The van der Waals surface area contributed by atoms with Crippen LogP contribution in [0.5, 0.6) is 0 Å². The molecule has 3 rings (SSSR count). The maximum Gasteiger partial charge on any atom is 0.435 e. The number of halogens is 3. The molecule has 0 saturated heterocycles. The molecule has 0 aliphatic rings. The highest BCUT2D eigenvalue weighted by molar-refractivity contribution is 5.66. The summed E-state index contributed by atoms with van der Waals surface area (Å²) in [4.78, 5) is 4.19. The first kappa shape index (κ1) is 13.4. The minimum atomic E-state index is -4.54. The van der Waals surface area contributed by atoms with E-state index in [1.54, 1.807) is 12.1 Å². The lowest BCUT2D eigenvalue weighted by atomic mass is 10.1. The molecule has 8 heteroatoms. The molecular formula is C13H10F3N5. The first-order chi connectivity index (χ1) is 9.99. The first-order valence-electron chi connectivity index (χ1n) is 5.99. The van der Waals surface area contributed by atoms with Crippen LogP contribution in [-0.4, -0.2) is 14.6 Å². The van der Waals surface area contributed by atoms with Gasteiger partial charge in [0.05, 0.1) is 5.69 Å². The monoisotopic (exact) mass is 293 g/mol. The quantitative estimate of drug-likeness (QED) is 0.563. The molecule has 0 unspecified atom stereocenters. The molecule has 108 valence electrons. The van der Waals surface area contributed by atoms with Crippen LogP contribution in [-0.2, 0) is 6.18 Å². The number of nitrogens with two attached hydrogens (primary N) is 1. The largest absolute Gasteiger partial charge is 0.435 e. The Bertz CT molecular complexity index is 780. The van der Waals surface area contributed by atoms with E-state index in [2.05, 4.69) is 15.5 Å². The Hall–Kier alpha value is -2.61. The number of hydrogen-bond donors (Lipinski definition) is 2. The van der Waals surface area contributed by atoms with Crippen molar-refractivity contribution in [2.24, 2.45) is 5.84 Å². The van der Waals surface area contributed by atoms with Gasteiger partial charge in [-0.25, -0.2) is 10.8 Å². The van der Waals surface area contributed by atoms with Gasteiger partial charge in [0.15, 0.2) is 11.3 Å². The van der Waals surface area contributed by atoms with Gasteiger partial charge in [-0.05, 0) is 0 Å². The second-order valence-corrected chi connectivity index (χ2v) is 4.33. The smallest absolute Gasteiger partial charge is 0.308 e. The molecule has 0 radical (unpaired) electrons. The summed E-state index contributed by atoms with van der Waals surface area (Å²) in [6.45, 7) is 0. The molecule has 1 aromatic carbocycles. The molecule has 0 bridgehead atoms. The van der Waals surface area contributed by atoms with Crippen LogP contribution in [0.2, 0.25) is 0 Å². The maximum absolute atomic E-state index is 12.7. The molecule has 21 heavy (non-hydrogen) atoms. The topological polar surface area (TPSA) is 68.2 Å². The van der Waals surface area contributed by atoms with Gasteiger partial charge in [-0.15, -0.1) is 0 Å². The average Bonchev–Trinajstić information content (AvgIpc) is 2.91. The fraction of sp³-hybridized carbons (Fsp3) is 0.0769. The van der Waals surface area contributed by atoms with Crippen LogP contribution in [0.4, 0.5) is 19.0 Å². The Morgan fingerprint density at radius 1 is 1.10 bits per heavy atom. The van der Waals surface area contributed by atoms with E-state index in [0.29, 0.717) is 5.69 Å². The number of nitrogens with zero attached hydrogens (tertiary/aromatic N) is 3. The summed E-state index contributed by atoms with van der Waals surface area (Å²) in [7, 11) is 0. The highest BCUT2D eigenvalue weighted by Gasteiger charge is 2.34. The average molecular weight is 293 g/mol. The van der Waals surface area contributed by atoms with Crippen molar-refractivity contribution in [1.82, 2.24) is 14.6 Å². The zero-order chi connectivity index (χ0) is 15.0. The van der Waals surface area contributed by atoms with Gasteiger partial charge in [-0.3, -0.25) is 0 Å². The summed E-state index contributed by atoms with van der Waals surface area (Å²) < 4.78 is 39.2. The van der Waals surface area contributed by atoms with Crippen molar-refractivity contribution in [3.63, 3.8) is 0 Å². The maximum atomic E-state index is 12.7. The predicted octanol–water partition coefficient (Wildman–Crippen LogP) is 2.70. The van der Waals surface area contributed by atoms with E-state index in [-0.39, 0.29) is 11.5 Å². The SMILES string of the molecule is NNc1cc(-c2ccccc2)nc2cc(C(F)(F)F)nn12. The number of nitrogen functional groups attached to an aromatic ring is 1. The molecule has 2 aromatic heterocycles. The van der Waals surface area contributed by atoms with Crippen molar-refractivity contribution >= 4 is 11.5 Å². The molecule has 0 amide bonds. The van der Waals surface area contributed by atoms with Crippen molar-refractivity contribution in [3.05, 3.63) is 48.2 Å². The highest BCUT2D eigenvalue weighted by atomic mass is 19.4. The van der Waals surface area contributed by atoms with Gasteiger partial charge in [0.2, 0.25) is 0 Å². The fourth-order valence-corrected chi connectivity index (χ4v) is 1.97. The van der Waals surface area contributed by atoms with Crippen LogP contribution in [0.1, 0.15) is 5.69 Å². The van der Waals surface area contributed by atoms with Gasteiger partial charge in [-0.1, -0.05) is 30.3 Å². The lowest BCUT2D eigenvalue weighted by molar-refractivity contribution is -0.141. The van der Waals surface area contributed by atoms with Gasteiger partial charge < -0.3 is 5.43 Å². The molecule has 2 heterocycles. The van der Waals surface area contributed by atoms with E-state index in [9.17, 15) is 13.2 Å². The minimum Gasteiger partial charge on any atom is -0.308 e. The Labute approximate surface area is 117 Å². The fourth-order valence-electron chi connectivity index (χ4n) is 1.97. The van der Waals surface area contributed by atoms with Crippen LogP contribution < -0.4 is 11.3 Å². The van der Waals surface area contributed by atoms with Gasteiger partial charge >= 0.3 is 6.18 Å². The molecule has 0 spiro atoms. The van der Waals surface area contributed by atoms with Crippen LogP contribution in [0, 0.1) is 0 Å². The van der Waals surface area contributed by atoms with Gasteiger partial charge in [0.1, 0.15) is 5.82 Å². The zero-order valence-electron chi connectivity index (χ0n) is 10.6. The second-order valence-electron chi connectivity index (χ2n) is 4.33. The molecule has 0 fully saturated rings. The number of fused-ring (bicyclic) bond motifs is 1. The molecule has 3 aromatic rings. The van der Waals surface area contributed by atoms with Gasteiger partial charge in [0, 0.05) is 17.7 Å². The van der Waals surface area contributed by atoms with E-state index < -0.39 is 11.9 Å². The standard InChI is InChI=1S/C13H10F3N5/c14-13(15,16)10-7-11-18-9(8-4-2-1-3-5-8)6-12(19-17)21(11)20-10/h1-7,19H,17H2. The third-order valence-electron chi connectivity index (χ3n) is 2.94. The summed E-state index contributed by atoms with van der Waals surface area (Å²) in [6, 6.07) is 11.5. The number of rotatable bonds is 2. The van der Waals surface area contributed by atoms with E-state index in [1.807, 2.05) is 18.2 Å². The summed E-state index contributed by atoms with van der Waals surface area (Å²) in [5.74, 6) is 5.58. The predicted molar refractivity (Wildman–Crippen MR) is 71.2 cm³/mol. The van der Waals surface area contributed by atoms with Crippen LogP contribution in [0.15, 0.2) is 42.5 Å².